The number of benzene rings is 3. The highest BCUT2D eigenvalue weighted by atomic mass is 35.5. The lowest BCUT2D eigenvalue weighted by molar-refractivity contribution is -0.120. The molecule has 3 aromatic rings. The monoisotopic (exact) mass is 462 g/mol. The number of likely N-dealkylation sites (N-methyl/N-ethyl adjacent to an activating group) is 1. The number of anilines is 2. The van der Waals surface area contributed by atoms with Crippen molar-refractivity contribution < 1.29 is 14.3 Å². The summed E-state index contributed by atoms with van der Waals surface area (Å²) in [6.45, 7) is 4.50. The molecule has 170 valence electrons. The second kappa shape index (κ2) is 9.67. The second-order valence-electron chi connectivity index (χ2n) is 8.16. The zero-order valence-electron chi connectivity index (χ0n) is 19.0. The van der Waals surface area contributed by atoms with Crippen LogP contribution in [-0.4, -0.2) is 31.5 Å². The molecule has 3 aromatic carbocycles. The maximum absolute atomic E-state index is 13.7. The van der Waals surface area contributed by atoms with Crippen LogP contribution in [0.4, 0.5) is 11.4 Å². The zero-order valence-corrected chi connectivity index (χ0v) is 19.8. The molecule has 0 N–H and O–H groups in total. The number of fused-ring (bicyclic) bond motifs is 1. The van der Waals surface area contributed by atoms with Gasteiger partial charge in [-0.05, 0) is 74.4 Å². The van der Waals surface area contributed by atoms with Crippen molar-refractivity contribution in [3.05, 3.63) is 88.9 Å². The first kappa shape index (κ1) is 22.9. The first-order chi connectivity index (χ1) is 15.9. The Kier molecular flexibility index (Phi) is 6.70. The number of methoxy groups -OCH3 is 1. The van der Waals surface area contributed by atoms with E-state index in [-0.39, 0.29) is 23.8 Å². The van der Waals surface area contributed by atoms with Gasteiger partial charge in [0.2, 0.25) is 5.91 Å². The van der Waals surface area contributed by atoms with Gasteiger partial charge in [0.1, 0.15) is 5.75 Å². The van der Waals surface area contributed by atoms with E-state index in [1.807, 2.05) is 62.4 Å². The lowest BCUT2D eigenvalue weighted by Crippen LogP contribution is -2.46. The maximum Gasteiger partial charge on any atom is 0.258 e. The van der Waals surface area contributed by atoms with Crippen molar-refractivity contribution in [3.8, 4) is 5.75 Å². The Labute approximate surface area is 199 Å². The summed E-state index contributed by atoms with van der Waals surface area (Å²) < 4.78 is 5.30. The van der Waals surface area contributed by atoms with E-state index >= 15 is 0 Å². The topological polar surface area (TPSA) is 49.9 Å². The molecule has 1 aliphatic rings. The number of nitrogens with zero attached hydrogens (tertiary/aromatic N) is 2. The quantitative estimate of drug-likeness (QED) is 0.472. The lowest BCUT2D eigenvalue weighted by Gasteiger charge is -2.40. The SMILES string of the molecule is CCN(C(=O)C1CC(C)N(C(=O)c2cccc(OC)c2)c2ccccc21)c1ccc(Cl)cc1. The summed E-state index contributed by atoms with van der Waals surface area (Å²) >= 11 is 6.04. The van der Waals surface area contributed by atoms with Gasteiger partial charge in [0, 0.05) is 34.5 Å². The van der Waals surface area contributed by atoms with Crippen LogP contribution < -0.4 is 14.5 Å². The van der Waals surface area contributed by atoms with Gasteiger partial charge in [-0.15, -0.1) is 0 Å². The molecule has 0 radical (unpaired) electrons. The summed E-state index contributed by atoms with van der Waals surface area (Å²) in [5.41, 5.74) is 3.00. The van der Waals surface area contributed by atoms with Gasteiger partial charge in [0.05, 0.1) is 13.0 Å². The predicted octanol–water partition coefficient (Wildman–Crippen LogP) is 5.92. The average Bonchev–Trinajstić information content (AvgIpc) is 2.84. The number of amides is 2. The van der Waals surface area contributed by atoms with Crippen LogP contribution >= 0.6 is 11.6 Å². The van der Waals surface area contributed by atoms with Gasteiger partial charge in [0.25, 0.3) is 5.91 Å². The van der Waals surface area contributed by atoms with E-state index in [0.29, 0.717) is 29.3 Å². The summed E-state index contributed by atoms with van der Waals surface area (Å²) in [5.74, 6) is 0.201. The fraction of sp³-hybridized carbons (Fsp3) is 0.259. The van der Waals surface area contributed by atoms with Crippen LogP contribution in [0.25, 0.3) is 0 Å². The molecule has 2 atom stereocenters. The Balaban J connectivity index is 1.70. The smallest absolute Gasteiger partial charge is 0.258 e. The molecule has 0 aliphatic carbocycles. The number of rotatable bonds is 5. The van der Waals surface area contributed by atoms with Crippen molar-refractivity contribution in [1.82, 2.24) is 0 Å². The number of carbonyl (C=O) groups is 2. The van der Waals surface area contributed by atoms with Crippen LogP contribution in [0.3, 0.4) is 0 Å². The number of hydrogen-bond donors (Lipinski definition) is 0. The van der Waals surface area contributed by atoms with Crippen LogP contribution in [0.1, 0.15) is 42.1 Å². The van der Waals surface area contributed by atoms with E-state index < -0.39 is 0 Å². The Morgan fingerprint density at radius 2 is 1.79 bits per heavy atom. The molecule has 5 nitrogen and oxygen atoms in total. The highest BCUT2D eigenvalue weighted by Gasteiger charge is 2.38. The molecule has 0 bridgehead atoms. The van der Waals surface area contributed by atoms with Crippen LogP contribution in [-0.2, 0) is 4.79 Å². The summed E-state index contributed by atoms with van der Waals surface area (Å²) in [6, 6.07) is 22.0. The molecule has 0 saturated heterocycles. The van der Waals surface area contributed by atoms with Gasteiger partial charge >= 0.3 is 0 Å². The Morgan fingerprint density at radius 1 is 1.06 bits per heavy atom. The first-order valence-corrected chi connectivity index (χ1v) is 11.5. The number of para-hydroxylation sites is 1. The van der Waals surface area contributed by atoms with E-state index in [0.717, 1.165) is 16.9 Å². The Morgan fingerprint density at radius 3 is 2.48 bits per heavy atom. The fourth-order valence-electron chi connectivity index (χ4n) is 4.53. The first-order valence-electron chi connectivity index (χ1n) is 11.1. The zero-order chi connectivity index (χ0) is 23.5. The van der Waals surface area contributed by atoms with Crippen molar-refractivity contribution in [1.29, 1.82) is 0 Å². The second-order valence-corrected chi connectivity index (χ2v) is 8.60. The van der Waals surface area contributed by atoms with Crippen molar-refractivity contribution in [2.24, 2.45) is 0 Å². The number of carbonyl (C=O) groups excluding carboxylic acids is 2. The molecular weight excluding hydrogens is 436 g/mol. The maximum atomic E-state index is 13.7. The molecule has 33 heavy (non-hydrogen) atoms. The minimum absolute atomic E-state index is 0.0209. The summed E-state index contributed by atoms with van der Waals surface area (Å²) in [4.78, 5) is 30.8. The molecule has 0 fully saturated rings. The standard InChI is InChI=1S/C27H27ClN2O3/c1-4-29(21-14-12-20(28)13-15-21)27(32)24-16-18(2)30(25-11-6-5-10-23(24)25)26(31)19-8-7-9-22(17-19)33-3/h5-15,17-18,24H,4,16H2,1-3H3. The molecular formula is C27H27ClN2O3. The molecule has 1 aliphatic heterocycles. The highest BCUT2D eigenvalue weighted by Crippen LogP contribution is 2.41. The number of halogens is 1. The van der Waals surface area contributed by atoms with Gasteiger partial charge < -0.3 is 14.5 Å². The lowest BCUT2D eigenvalue weighted by atomic mass is 9.84. The van der Waals surface area contributed by atoms with Crippen molar-refractivity contribution in [2.75, 3.05) is 23.5 Å². The number of hydrogen-bond acceptors (Lipinski definition) is 3. The summed E-state index contributed by atoms with van der Waals surface area (Å²) in [6.07, 6.45) is 0.537. The third kappa shape index (κ3) is 4.46. The molecule has 4 rings (SSSR count). The molecule has 2 amide bonds. The molecule has 0 saturated carbocycles. The highest BCUT2D eigenvalue weighted by molar-refractivity contribution is 6.30. The minimum Gasteiger partial charge on any atom is -0.497 e. The number of ether oxygens (including phenoxy) is 1. The van der Waals surface area contributed by atoms with Crippen LogP contribution in [0.2, 0.25) is 5.02 Å². The molecule has 0 spiro atoms. The average molecular weight is 463 g/mol. The molecule has 1 heterocycles. The largest absolute Gasteiger partial charge is 0.497 e. The van der Waals surface area contributed by atoms with Gasteiger partial charge in [0.15, 0.2) is 0 Å². The van der Waals surface area contributed by atoms with E-state index in [2.05, 4.69) is 0 Å². The van der Waals surface area contributed by atoms with E-state index in [1.165, 1.54) is 0 Å². The minimum atomic E-state index is -0.346. The third-order valence-corrected chi connectivity index (χ3v) is 6.40. The van der Waals surface area contributed by atoms with Crippen LogP contribution in [0, 0.1) is 0 Å². The molecule has 6 heteroatoms. The van der Waals surface area contributed by atoms with Gasteiger partial charge in [-0.25, -0.2) is 0 Å². The van der Waals surface area contributed by atoms with E-state index in [1.54, 1.807) is 41.2 Å². The van der Waals surface area contributed by atoms with Gasteiger partial charge in [-0.3, -0.25) is 9.59 Å². The summed E-state index contributed by atoms with van der Waals surface area (Å²) in [5, 5.41) is 0.630. The molecule has 0 aromatic heterocycles. The third-order valence-electron chi connectivity index (χ3n) is 6.14. The normalized spacial score (nSPS) is 17.3. The van der Waals surface area contributed by atoms with E-state index in [4.69, 9.17) is 16.3 Å². The van der Waals surface area contributed by atoms with Gasteiger partial charge in [-0.1, -0.05) is 35.9 Å². The van der Waals surface area contributed by atoms with Crippen molar-refractivity contribution in [3.63, 3.8) is 0 Å². The van der Waals surface area contributed by atoms with Crippen LogP contribution in [0.15, 0.2) is 72.8 Å². The van der Waals surface area contributed by atoms with E-state index in [9.17, 15) is 9.59 Å². The fourth-order valence-corrected chi connectivity index (χ4v) is 4.65. The van der Waals surface area contributed by atoms with Crippen LogP contribution in [0.5, 0.6) is 5.75 Å². The summed E-state index contributed by atoms with van der Waals surface area (Å²) in [7, 11) is 1.58. The predicted molar refractivity (Wildman–Crippen MR) is 133 cm³/mol. The Bertz CT molecular complexity index is 1160. The van der Waals surface area contributed by atoms with Crippen molar-refractivity contribution >= 4 is 34.8 Å². The Hall–Kier alpha value is -3.31. The van der Waals surface area contributed by atoms with Gasteiger partial charge in [-0.2, -0.15) is 0 Å². The molecule has 2 unspecified atom stereocenters. The van der Waals surface area contributed by atoms with Crippen molar-refractivity contribution in [2.45, 2.75) is 32.2 Å².